The van der Waals surface area contributed by atoms with E-state index < -0.39 is 0 Å². The molecular formula is C15H16N4S. The summed E-state index contributed by atoms with van der Waals surface area (Å²) in [6.45, 7) is 3.99. The molecule has 3 aromatic rings. The summed E-state index contributed by atoms with van der Waals surface area (Å²) in [7, 11) is 0. The quantitative estimate of drug-likeness (QED) is 0.722. The van der Waals surface area contributed by atoms with Crippen molar-refractivity contribution >= 4 is 28.5 Å². The van der Waals surface area contributed by atoms with Crippen LogP contribution < -0.4 is 5.73 Å². The number of fused-ring (bicyclic) bond motifs is 1. The molecular weight excluding hydrogens is 268 g/mol. The van der Waals surface area contributed by atoms with Crippen LogP contribution in [0.2, 0.25) is 0 Å². The minimum Gasteiger partial charge on any atom is -0.383 e. The Labute approximate surface area is 121 Å². The van der Waals surface area contributed by atoms with Crippen molar-refractivity contribution in [3.05, 3.63) is 41.7 Å². The van der Waals surface area contributed by atoms with Crippen molar-refractivity contribution in [2.75, 3.05) is 5.73 Å². The Balaban J connectivity index is 1.99. The van der Waals surface area contributed by atoms with E-state index in [1.807, 2.05) is 26.0 Å². The van der Waals surface area contributed by atoms with Gasteiger partial charge in [0.1, 0.15) is 16.7 Å². The van der Waals surface area contributed by atoms with E-state index in [0.717, 1.165) is 33.4 Å². The minimum absolute atomic E-state index is 0.565. The fraction of sp³-hybridized carbons (Fsp3) is 0.200. The fourth-order valence-electron chi connectivity index (χ4n) is 2.02. The second-order valence-electron chi connectivity index (χ2n) is 4.63. The van der Waals surface area contributed by atoms with Crippen molar-refractivity contribution in [2.24, 2.45) is 0 Å². The van der Waals surface area contributed by atoms with E-state index in [4.69, 9.17) is 5.73 Å². The van der Waals surface area contributed by atoms with Crippen LogP contribution in [0.25, 0.3) is 10.9 Å². The highest BCUT2D eigenvalue weighted by Gasteiger charge is 2.11. The van der Waals surface area contributed by atoms with Gasteiger partial charge in [0, 0.05) is 22.9 Å². The highest BCUT2D eigenvalue weighted by Crippen LogP contribution is 2.32. The van der Waals surface area contributed by atoms with Crippen LogP contribution in [0, 0.1) is 6.92 Å². The molecule has 0 saturated heterocycles. The number of nitrogens with one attached hydrogen (secondary N) is 1. The third kappa shape index (κ3) is 2.36. The van der Waals surface area contributed by atoms with Gasteiger partial charge >= 0.3 is 0 Å². The Bertz CT molecular complexity index is 731. The van der Waals surface area contributed by atoms with Crippen LogP contribution in [-0.4, -0.2) is 15.0 Å². The number of rotatable bonds is 3. The Morgan fingerprint density at radius 1 is 1.25 bits per heavy atom. The molecule has 1 aromatic carbocycles. The van der Waals surface area contributed by atoms with E-state index in [1.54, 1.807) is 11.8 Å². The van der Waals surface area contributed by atoms with Gasteiger partial charge in [-0.2, -0.15) is 0 Å². The van der Waals surface area contributed by atoms with Gasteiger partial charge in [0.15, 0.2) is 0 Å². The number of aromatic amines is 1. The molecule has 102 valence electrons. The van der Waals surface area contributed by atoms with Crippen molar-refractivity contribution < 1.29 is 0 Å². The topological polar surface area (TPSA) is 67.6 Å². The zero-order valence-corrected chi connectivity index (χ0v) is 12.3. The molecule has 0 bridgehead atoms. The average molecular weight is 284 g/mol. The maximum absolute atomic E-state index is 5.95. The van der Waals surface area contributed by atoms with E-state index in [1.165, 1.54) is 5.39 Å². The SMILES string of the molecule is CCc1nc(N)c(C)c(Sc2cc3ccccc3[nH]2)n1. The lowest BCUT2D eigenvalue weighted by atomic mass is 10.3. The number of H-pyrrole nitrogens is 1. The number of nitrogens with zero attached hydrogens (tertiary/aromatic N) is 2. The van der Waals surface area contributed by atoms with Gasteiger partial charge in [0.2, 0.25) is 0 Å². The lowest BCUT2D eigenvalue weighted by Crippen LogP contribution is -2.03. The van der Waals surface area contributed by atoms with Gasteiger partial charge in [-0.25, -0.2) is 9.97 Å². The molecule has 3 N–H and O–H groups in total. The molecule has 0 amide bonds. The maximum atomic E-state index is 5.95. The van der Waals surface area contributed by atoms with Gasteiger partial charge < -0.3 is 10.7 Å². The number of aryl methyl sites for hydroxylation is 1. The molecule has 0 aliphatic rings. The Hall–Kier alpha value is -2.01. The molecule has 0 fully saturated rings. The van der Waals surface area contributed by atoms with Gasteiger partial charge in [-0.3, -0.25) is 0 Å². The van der Waals surface area contributed by atoms with Crippen LogP contribution in [0.3, 0.4) is 0 Å². The van der Waals surface area contributed by atoms with Crippen LogP contribution in [0.15, 0.2) is 40.4 Å². The molecule has 2 heterocycles. The fourth-order valence-corrected chi connectivity index (χ4v) is 2.99. The summed E-state index contributed by atoms with van der Waals surface area (Å²) >= 11 is 1.60. The maximum Gasteiger partial charge on any atom is 0.131 e. The highest BCUT2D eigenvalue weighted by atomic mass is 32.2. The number of benzene rings is 1. The smallest absolute Gasteiger partial charge is 0.131 e. The van der Waals surface area contributed by atoms with Gasteiger partial charge in [-0.1, -0.05) is 36.9 Å². The zero-order valence-electron chi connectivity index (χ0n) is 11.5. The van der Waals surface area contributed by atoms with E-state index in [0.29, 0.717) is 5.82 Å². The van der Waals surface area contributed by atoms with Crippen molar-refractivity contribution in [1.82, 2.24) is 15.0 Å². The third-order valence-corrected chi connectivity index (χ3v) is 4.24. The first-order chi connectivity index (χ1) is 9.67. The van der Waals surface area contributed by atoms with Crippen LogP contribution in [0.4, 0.5) is 5.82 Å². The van der Waals surface area contributed by atoms with E-state index >= 15 is 0 Å². The van der Waals surface area contributed by atoms with Gasteiger partial charge in [-0.15, -0.1) is 0 Å². The predicted octanol–water partition coefficient (Wildman–Crippen LogP) is 3.56. The second-order valence-corrected chi connectivity index (χ2v) is 5.66. The molecule has 0 unspecified atom stereocenters. The number of hydrogen-bond acceptors (Lipinski definition) is 4. The van der Waals surface area contributed by atoms with Crippen molar-refractivity contribution in [2.45, 2.75) is 30.3 Å². The molecule has 0 saturated carbocycles. The monoisotopic (exact) mass is 284 g/mol. The molecule has 0 spiro atoms. The Kier molecular flexibility index (Phi) is 3.36. The van der Waals surface area contributed by atoms with E-state index in [9.17, 15) is 0 Å². The van der Waals surface area contributed by atoms with Gasteiger partial charge in [0.25, 0.3) is 0 Å². The van der Waals surface area contributed by atoms with Crippen LogP contribution in [0.5, 0.6) is 0 Å². The summed E-state index contributed by atoms with van der Waals surface area (Å²) in [6, 6.07) is 10.3. The first kappa shape index (κ1) is 13.0. The summed E-state index contributed by atoms with van der Waals surface area (Å²) in [5.41, 5.74) is 8.02. The van der Waals surface area contributed by atoms with Gasteiger partial charge in [0.05, 0.1) is 5.03 Å². The van der Waals surface area contributed by atoms with Crippen LogP contribution in [0.1, 0.15) is 18.3 Å². The predicted molar refractivity (Wildman–Crippen MR) is 83.0 cm³/mol. The Morgan fingerprint density at radius 3 is 2.80 bits per heavy atom. The molecule has 0 aliphatic carbocycles. The van der Waals surface area contributed by atoms with Crippen molar-refractivity contribution in [3.8, 4) is 0 Å². The number of nitrogens with two attached hydrogens (primary N) is 1. The third-order valence-electron chi connectivity index (χ3n) is 3.21. The number of aromatic nitrogens is 3. The largest absolute Gasteiger partial charge is 0.383 e. The number of anilines is 1. The lowest BCUT2D eigenvalue weighted by molar-refractivity contribution is 0.877. The number of hydrogen-bond donors (Lipinski definition) is 2. The first-order valence-electron chi connectivity index (χ1n) is 6.56. The molecule has 0 atom stereocenters. The molecule has 20 heavy (non-hydrogen) atoms. The van der Waals surface area contributed by atoms with Crippen molar-refractivity contribution in [3.63, 3.8) is 0 Å². The molecule has 0 aliphatic heterocycles. The first-order valence-corrected chi connectivity index (χ1v) is 7.37. The molecule has 5 heteroatoms. The van der Waals surface area contributed by atoms with Gasteiger partial charge in [-0.05, 0) is 19.1 Å². The summed E-state index contributed by atoms with van der Waals surface area (Å²) in [5.74, 6) is 1.35. The Morgan fingerprint density at radius 2 is 2.05 bits per heavy atom. The van der Waals surface area contributed by atoms with Crippen LogP contribution >= 0.6 is 11.8 Å². The molecule has 0 radical (unpaired) electrons. The number of para-hydroxylation sites is 1. The zero-order chi connectivity index (χ0) is 14.1. The molecule has 2 aromatic heterocycles. The van der Waals surface area contributed by atoms with Crippen molar-refractivity contribution in [1.29, 1.82) is 0 Å². The van der Waals surface area contributed by atoms with E-state index in [-0.39, 0.29) is 0 Å². The number of nitrogen functional groups attached to an aromatic ring is 1. The summed E-state index contributed by atoms with van der Waals surface area (Å²) in [4.78, 5) is 12.2. The van der Waals surface area contributed by atoms with E-state index in [2.05, 4.69) is 33.2 Å². The summed E-state index contributed by atoms with van der Waals surface area (Å²) in [5, 5.41) is 3.18. The molecule has 3 rings (SSSR count). The summed E-state index contributed by atoms with van der Waals surface area (Å²) < 4.78 is 0. The van der Waals surface area contributed by atoms with Crippen LogP contribution in [-0.2, 0) is 6.42 Å². The normalized spacial score (nSPS) is 11.1. The second kappa shape index (κ2) is 5.17. The minimum atomic E-state index is 0.565. The average Bonchev–Trinajstić information content (AvgIpc) is 2.85. The lowest BCUT2D eigenvalue weighted by Gasteiger charge is -2.07. The molecule has 4 nitrogen and oxygen atoms in total. The standard InChI is InChI=1S/C15H16N4S/c1-3-12-18-14(16)9(2)15(19-12)20-13-8-10-6-4-5-7-11(10)17-13/h4-8,17H,3H2,1-2H3,(H2,16,18,19). The summed E-state index contributed by atoms with van der Waals surface area (Å²) in [6.07, 6.45) is 0.782. The highest BCUT2D eigenvalue weighted by molar-refractivity contribution is 7.99.